The van der Waals surface area contributed by atoms with Crippen molar-refractivity contribution in [2.45, 2.75) is 52.2 Å². The standard InChI is InChI=1S/C21H28BrN3O6/c1-6-14-10-13(8-9-30-14)25(21(27)29-7-2)17-15-11-16(22)12(3)23-19(15)31-18(17)20(26)24(4)28-5/h11,13-14H,6-10H2,1-5H3/t13-,14-/m0/s1. The number of anilines is 1. The zero-order valence-electron chi connectivity index (χ0n) is 18.4. The molecule has 3 heterocycles. The molecule has 0 spiro atoms. The van der Waals surface area contributed by atoms with Crippen LogP contribution in [0.2, 0.25) is 0 Å². The Balaban J connectivity index is 2.23. The number of aromatic nitrogens is 1. The van der Waals surface area contributed by atoms with Crippen LogP contribution in [-0.2, 0) is 14.3 Å². The maximum atomic E-state index is 13.2. The van der Waals surface area contributed by atoms with Gasteiger partial charge in [0, 0.05) is 24.2 Å². The lowest BCUT2D eigenvalue weighted by molar-refractivity contribution is -0.0772. The van der Waals surface area contributed by atoms with Crippen molar-refractivity contribution in [1.29, 1.82) is 0 Å². The summed E-state index contributed by atoms with van der Waals surface area (Å²) in [6, 6.07) is 1.58. The highest BCUT2D eigenvalue weighted by atomic mass is 79.9. The average Bonchev–Trinajstić information content (AvgIpc) is 3.11. The molecule has 0 radical (unpaired) electrons. The molecule has 1 aliphatic rings. The third kappa shape index (κ3) is 4.70. The zero-order valence-corrected chi connectivity index (χ0v) is 20.0. The Morgan fingerprint density at radius 2 is 2.10 bits per heavy atom. The van der Waals surface area contributed by atoms with Crippen molar-refractivity contribution >= 4 is 44.7 Å². The molecule has 31 heavy (non-hydrogen) atoms. The smallest absolute Gasteiger partial charge is 0.414 e. The summed E-state index contributed by atoms with van der Waals surface area (Å²) < 4.78 is 17.8. The second-order valence-corrected chi connectivity index (χ2v) is 8.18. The minimum atomic E-state index is -0.544. The molecule has 0 bridgehead atoms. The lowest BCUT2D eigenvalue weighted by Crippen LogP contribution is -2.46. The van der Waals surface area contributed by atoms with Crippen LogP contribution >= 0.6 is 15.9 Å². The molecule has 0 aromatic carbocycles. The Morgan fingerprint density at radius 3 is 2.74 bits per heavy atom. The Bertz CT molecular complexity index is 962. The van der Waals surface area contributed by atoms with Crippen LogP contribution in [0, 0.1) is 6.92 Å². The summed E-state index contributed by atoms with van der Waals surface area (Å²) in [5, 5.41) is 1.59. The second-order valence-electron chi connectivity index (χ2n) is 7.32. The summed E-state index contributed by atoms with van der Waals surface area (Å²) in [7, 11) is 2.86. The topological polar surface area (TPSA) is 94.3 Å². The molecular weight excluding hydrogens is 470 g/mol. The van der Waals surface area contributed by atoms with E-state index in [2.05, 4.69) is 20.9 Å². The minimum absolute atomic E-state index is 0.0155. The fraction of sp³-hybridized carbons (Fsp3) is 0.571. The quantitative estimate of drug-likeness (QED) is 0.543. The first-order valence-electron chi connectivity index (χ1n) is 10.3. The van der Waals surface area contributed by atoms with Crippen molar-refractivity contribution < 1.29 is 28.3 Å². The molecule has 2 aromatic rings. The number of rotatable bonds is 6. The summed E-state index contributed by atoms with van der Waals surface area (Å²) >= 11 is 3.49. The molecular formula is C21H28BrN3O6. The molecule has 0 saturated carbocycles. The van der Waals surface area contributed by atoms with Crippen molar-refractivity contribution in [3.05, 3.63) is 22.0 Å². The van der Waals surface area contributed by atoms with E-state index in [0.29, 0.717) is 36.2 Å². The molecule has 1 saturated heterocycles. The van der Waals surface area contributed by atoms with Gasteiger partial charge in [-0.2, -0.15) is 0 Å². The number of carbonyl (C=O) groups is 2. The molecule has 10 heteroatoms. The van der Waals surface area contributed by atoms with Crippen molar-refractivity contribution in [3.8, 4) is 0 Å². The summed E-state index contributed by atoms with van der Waals surface area (Å²) in [6.07, 6.45) is 1.52. The molecule has 1 fully saturated rings. The highest BCUT2D eigenvalue weighted by molar-refractivity contribution is 9.10. The fourth-order valence-corrected chi connectivity index (χ4v) is 4.00. The lowest BCUT2D eigenvalue weighted by atomic mass is 9.99. The van der Waals surface area contributed by atoms with Crippen molar-refractivity contribution in [2.75, 3.05) is 32.3 Å². The number of furan rings is 1. The third-order valence-corrected chi connectivity index (χ3v) is 6.21. The number of hydroxylamine groups is 2. The molecule has 1 aliphatic heterocycles. The molecule has 0 N–H and O–H groups in total. The van der Waals surface area contributed by atoms with E-state index in [-0.39, 0.29) is 30.2 Å². The van der Waals surface area contributed by atoms with Gasteiger partial charge >= 0.3 is 12.0 Å². The number of aryl methyl sites for hydroxylation is 1. The minimum Gasteiger partial charge on any atom is -0.449 e. The largest absolute Gasteiger partial charge is 0.449 e. The fourth-order valence-electron chi connectivity index (χ4n) is 3.68. The molecule has 9 nitrogen and oxygen atoms in total. The first-order chi connectivity index (χ1) is 14.8. The van der Waals surface area contributed by atoms with E-state index < -0.39 is 12.0 Å². The Hall–Kier alpha value is -2.17. The van der Waals surface area contributed by atoms with Gasteiger partial charge in [0.05, 0.1) is 30.9 Å². The normalized spacial score (nSPS) is 18.8. The third-order valence-electron chi connectivity index (χ3n) is 5.40. The van der Waals surface area contributed by atoms with Gasteiger partial charge < -0.3 is 13.9 Å². The van der Waals surface area contributed by atoms with Crippen LogP contribution in [0.1, 0.15) is 49.4 Å². The van der Waals surface area contributed by atoms with E-state index in [4.69, 9.17) is 18.7 Å². The van der Waals surface area contributed by atoms with Crippen molar-refractivity contribution in [1.82, 2.24) is 10.0 Å². The van der Waals surface area contributed by atoms with Gasteiger partial charge in [0.1, 0.15) is 5.69 Å². The van der Waals surface area contributed by atoms with Gasteiger partial charge in [-0.25, -0.2) is 14.8 Å². The van der Waals surface area contributed by atoms with Crippen LogP contribution in [0.25, 0.3) is 11.1 Å². The van der Waals surface area contributed by atoms with Gasteiger partial charge in [0.15, 0.2) is 0 Å². The van der Waals surface area contributed by atoms with Crippen LogP contribution in [0.4, 0.5) is 10.5 Å². The van der Waals surface area contributed by atoms with Gasteiger partial charge in [-0.05, 0) is 55.1 Å². The molecule has 2 amide bonds. The zero-order chi connectivity index (χ0) is 22.7. The van der Waals surface area contributed by atoms with E-state index >= 15 is 0 Å². The summed E-state index contributed by atoms with van der Waals surface area (Å²) in [5.41, 5.74) is 1.29. The van der Waals surface area contributed by atoms with Gasteiger partial charge in [-0.3, -0.25) is 14.5 Å². The van der Waals surface area contributed by atoms with E-state index in [0.717, 1.165) is 16.0 Å². The maximum Gasteiger partial charge on any atom is 0.414 e. The molecule has 2 aromatic heterocycles. The predicted octanol–water partition coefficient (Wildman–Crippen LogP) is 4.45. The Kier molecular flexibility index (Phi) is 7.55. The molecule has 170 valence electrons. The average molecular weight is 498 g/mol. The number of hydrogen-bond donors (Lipinski definition) is 0. The number of nitrogens with zero attached hydrogens (tertiary/aromatic N) is 3. The van der Waals surface area contributed by atoms with E-state index in [1.807, 2.05) is 19.9 Å². The first-order valence-corrected chi connectivity index (χ1v) is 11.1. The maximum absolute atomic E-state index is 13.2. The number of halogens is 1. The van der Waals surface area contributed by atoms with Crippen LogP contribution in [0.3, 0.4) is 0 Å². The first kappa shape index (κ1) is 23.5. The summed E-state index contributed by atoms with van der Waals surface area (Å²) in [4.78, 5) is 37.3. The van der Waals surface area contributed by atoms with Crippen LogP contribution in [-0.4, -0.2) is 61.6 Å². The van der Waals surface area contributed by atoms with Gasteiger partial charge in [0.2, 0.25) is 11.5 Å². The van der Waals surface area contributed by atoms with Crippen molar-refractivity contribution in [3.63, 3.8) is 0 Å². The summed E-state index contributed by atoms with van der Waals surface area (Å²) in [5.74, 6) is -0.561. The van der Waals surface area contributed by atoms with Gasteiger partial charge in [0.25, 0.3) is 0 Å². The molecule has 0 aliphatic carbocycles. The Morgan fingerprint density at radius 1 is 1.35 bits per heavy atom. The van der Waals surface area contributed by atoms with Crippen molar-refractivity contribution in [2.24, 2.45) is 0 Å². The van der Waals surface area contributed by atoms with Gasteiger partial charge in [-0.15, -0.1) is 0 Å². The highest BCUT2D eigenvalue weighted by Gasteiger charge is 2.38. The SMILES string of the molecule is CCOC(=O)N(c1c(C(=O)N(C)OC)oc2nc(C)c(Br)cc12)[C@H]1CCO[C@@H](CC)C1. The van der Waals surface area contributed by atoms with Crippen LogP contribution in [0.15, 0.2) is 15.0 Å². The molecule has 0 unspecified atom stereocenters. The number of pyridine rings is 1. The monoisotopic (exact) mass is 497 g/mol. The number of hydrogen-bond acceptors (Lipinski definition) is 7. The van der Waals surface area contributed by atoms with E-state index in [1.54, 1.807) is 6.92 Å². The van der Waals surface area contributed by atoms with E-state index in [9.17, 15) is 9.59 Å². The highest BCUT2D eigenvalue weighted by Crippen LogP contribution is 2.39. The molecule has 2 atom stereocenters. The van der Waals surface area contributed by atoms with Gasteiger partial charge in [-0.1, -0.05) is 6.92 Å². The number of fused-ring (bicyclic) bond motifs is 1. The Labute approximate surface area is 189 Å². The van der Waals surface area contributed by atoms with Crippen LogP contribution < -0.4 is 4.90 Å². The van der Waals surface area contributed by atoms with E-state index in [1.165, 1.54) is 19.1 Å². The number of ether oxygens (including phenoxy) is 2. The number of amides is 2. The van der Waals surface area contributed by atoms with Crippen LogP contribution in [0.5, 0.6) is 0 Å². The summed E-state index contributed by atoms with van der Waals surface area (Å²) in [6.45, 7) is 6.32. The lowest BCUT2D eigenvalue weighted by Gasteiger charge is -2.36. The predicted molar refractivity (Wildman–Crippen MR) is 118 cm³/mol. The number of carbonyl (C=O) groups excluding carboxylic acids is 2. The molecule has 3 rings (SSSR count). The second kappa shape index (κ2) is 9.97.